The van der Waals surface area contributed by atoms with Gasteiger partial charge in [-0.2, -0.15) is 0 Å². The van der Waals surface area contributed by atoms with Gasteiger partial charge in [0, 0.05) is 17.8 Å². The summed E-state index contributed by atoms with van der Waals surface area (Å²) in [4.78, 5) is 0. The lowest BCUT2D eigenvalue weighted by atomic mass is 10.0. The lowest BCUT2D eigenvalue weighted by Gasteiger charge is -2.10. The molecular formula is C14H21N5. The lowest BCUT2D eigenvalue weighted by molar-refractivity contribution is 0.481. The molecule has 5 nitrogen and oxygen atoms in total. The molecule has 2 N–H and O–H groups in total. The van der Waals surface area contributed by atoms with Crippen molar-refractivity contribution in [1.82, 2.24) is 20.2 Å². The molecule has 0 saturated heterocycles. The third kappa shape index (κ3) is 2.92. The third-order valence-electron chi connectivity index (χ3n) is 3.30. The van der Waals surface area contributed by atoms with E-state index < -0.39 is 0 Å². The van der Waals surface area contributed by atoms with Crippen molar-refractivity contribution in [3.05, 3.63) is 23.3 Å². The molecule has 19 heavy (non-hydrogen) atoms. The molecule has 102 valence electrons. The summed E-state index contributed by atoms with van der Waals surface area (Å²) in [5, 5.41) is 12.0. The van der Waals surface area contributed by atoms with Crippen LogP contribution in [0.5, 0.6) is 0 Å². The summed E-state index contributed by atoms with van der Waals surface area (Å²) in [6.07, 6.45) is 1.05. The van der Waals surface area contributed by atoms with E-state index in [-0.39, 0.29) is 0 Å². The number of hydrogen-bond donors (Lipinski definition) is 1. The Balaban J connectivity index is 2.37. The molecule has 0 unspecified atom stereocenters. The molecule has 0 fully saturated rings. The Bertz CT molecular complexity index is 571. The summed E-state index contributed by atoms with van der Waals surface area (Å²) in [6, 6.07) is 4.04. The Kier molecular flexibility index (Phi) is 3.83. The summed E-state index contributed by atoms with van der Waals surface area (Å²) >= 11 is 0. The Morgan fingerprint density at radius 1 is 1.21 bits per heavy atom. The summed E-state index contributed by atoms with van der Waals surface area (Å²) in [5.74, 6) is 1.42. The van der Waals surface area contributed by atoms with Crippen molar-refractivity contribution in [2.75, 3.05) is 5.73 Å². The molecule has 0 bridgehead atoms. The molecular weight excluding hydrogens is 238 g/mol. The van der Waals surface area contributed by atoms with Gasteiger partial charge in [0.2, 0.25) is 0 Å². The van der Waals surface area contributed by atoms with Crippen LogP contribution in [0.1, 0.15) is 31.4 Å². The standard InChI is InChI=1S/C14H21N5/c1-9(2)5-6-19-14(16-17-18-19)12-8-13(15)11(4)7-10(12)3/h7-9H,5-6,15H2,1-4H3. The fourth-order valence-corrected chi connectivity index (χ4v) is 2.04. The van der Waals surface area contributed by atoms with Gasteiger partial charge >= 0.3 is 0 Å². The van der Waals surface area contributed by atoms with Gasteiger partial charge in [0.15, 0.2) is 5.82 Å². The number of anilines is 1. The number of tetrazole rings is 1. The second-order valence-electron chi connectivity index (χ2n) is 5.43. The van der Waals surface area contributed by atoms with Crippen LogP contribution in [0, 0.1) is 19.8 Å². The Morgan fingerprint density at radius 3 is 2.63 bits per heavy atom. The van der Waals surface area contributed by atoms with Crippen LogP contribution in [0.4, 0.5) is 5.69 Å². The van der Waals surface area contributed by atoms with Gasteiger partial charge in [-0.1, -0.05) is 19.9 Å². The molecule has 0 radical (unpaired) electrons. The van der Waals surface area contributed by atoms with Crippen molar-refractivity contribution < 1.29 is 0 Å². The Hall–Kier alpha value is -1.91. The lowest BCUT2D eigenvalue weighted by Crippen LogP contribution is -2.06. The van der Waals surface area contributed by atoms with Gasteiger partial charge in [-0.05, 0) is 53.8 Å². The summed E-state index contributed by atoms with van der Waals surface area (Å²) in [5.41, 5.74) is 10.0. The molecule has 5 heteroatoms. The van der Waals surface area contributed by atoms with Gasteiger partial charge in [0.25, 0.3) is 0 Å². The number of aryl methyl sites for hydroxylation is 3. The van der Waals surface area contributed by atoms with Crippen LogP contribution in [0.15, 0.2) is 12.1 Å². The molecule has 0 spiro atoms. The zero-order valence-electron chi connectivity index (χ0n) is 12.0. The quantitative estimate of drug-likeness (QED) is 0.857. The number of nitrogens with two attached hydrogens (primary N) is 1. The number of aromatic nitrogens is 4. The molecule has 0 atom stereocenters. The topological polar surface area (TPSA) is 69.6 Å². The maximum absolute atomic E-state index is 5.99. The average molecular weight is 259 g/mol. The van der Waals surface area contributed by atoms with Crippen LogP contribution in [0.3, 0.4) is 0 Å². The second kappa shape index (κ2) is 5.38. The van der Waals surface area contributed by atoms with Crippen LogP contribution < -0.4 is 5.73 Å². The van der Waals surface area contributed by atoms with Crippen molar-refractivity contribution in [2.24, 2.45) is 5.92 Å². The minimum atomic E-state index is 0.626. The van der Waals surface area contributed by atoms with Gasteiger partial charge in [0.05, 0.1) is 0 Å². The van der Waals surface area contributed by atoms with E-state index in [4.69, 9.17) is 5.73 Å². The number of hydrogen-bond acceptors (Lipinski definition) is 4. The maximum Gasteiger partial charge on any atom is 0.182 e. The van der Waals surface area contributed by atoms with Gasteiger partial charge in [-0.15, -0.1) is 5.10 Å². The van der Waals surface area contributed by atoms with Gasteiger partial charge in [-0.25, -0.2) is 4.68 Å². The van der Waals surface area contributed by atoms with Crippen molar-refractivity contribution in [1.29, 1.82) is 0 Å². The minimum Gasteiger partial charge on any atom is -0.398 e. The smallest absolute Gasteiger partial charge is 0.182 e. The number of nitrogens with zero attached hydrogens (tertiary/aromatic N) is 4. The van der Waals surface area contributed by atoms with Crippen LogP contribution in [0.2, 0.25) is 0 Å². The van der Waals surface area contributed by atoms with E-state index in [2.05, 4.69) is 42.4 Å². The van der Waals surface area contributed by atoms with Crippen LogP contribution in [-0.2, 0) is 6.54 Å². The second-order valence-corrected chi connectivity index (χ2v) is 5.43. The van der Waals surface area contributed by atoms with E-state index in [1.54, 1.807) is 0 Å². The van der Waals surface area contributed by atoms with Crippen molar-refractivity contribution >= 4 is 5.69 Å². The van der Waals surface area contributed by atoms with E-state index in [9.17, 15) is 0 Å². The molecule has 0 aliphatic carbocycles. The Labute approximate surface area is 113 Å². The van der Waals surface area contributed by atoms with E-state index in [0.29, 0.717) is 5.92 Å². The number of rotatable bonds is 4. The summed E-state index contributed by atoms with van der Waals surface area (Å²) in [6.45, 7) is 9.28. The van der Waals surface area contributed by atoms with Crippen LogP contribution >= 0.6 is 0 Å². The minimum absolute atomic E-state index is 0.626. The third-order valence-corrected chi connectivity index (χ3v) is 3.30. The highest BCUT2D eigenvalue weighted by molar-refractivity contribution is 5.67. The first kappa shape index (κ1) is 13.5. The van der Waals surface area contributed by atoms with Gasteiger partial charge in [-0.3, -0.25) is 0 Å². The van der Waals surface area contributed by atoms with E-state index in [1.165, 1.54) is 0 Å². The van der Waals surface area contributed by atoms with Gasteiger partial charge in [0.1, 0.15) is 0 Å². The van der Waals surface area contributed by atoms with Crippen molar-refractivity contribution in [3.63, 3.8) is 0 Å². The molecule has 0 aliphatic rings. The first-order valence-corrected chi connectivity index (χ1v) is 6.62. The normalized spacial score (nSPS) is 11.2. The molecule has 0 saturated carbocycles. The summed E-state index contributed by atoms with van der Waals surface area (Å²) in [7, 11) is 0. The molecule has 1 aromatic carbocycles. The highest BCUT2D eigenvalue weighted by Crippen LogP contribution is 2.26. The number of benzene rings is 1. The largest absolute Gasteiger partial charge is 0.398 e. The Morgan fingerprint density at radius 2 is 1.95 bits per heavy atom. The fourth-order valence-electron chi connectivity index (χ4n) is 2.04. The van der Waals surface area contributed by atoms with E-state index in [1.807, 2.05) is 17.7 Å². The maximum atomic E-state index is 5.99. The van der Waals surface area contributed by atoms with Crippen molar-refractivity contribution in [2.45, 2.75) is 40.7 Å². The van der Waals surface area contributed by atoms with Crippen molar-refractivity contribution in [3.8, 4) is 11.4 Å². The molecule has 2 rings (SSSR count). The highest BCUT2D eigenvalue weighted by Gasteiger charge is 2.13. The SMILES string of the molecule is Cc1cc(C)c(-c2nnnn2CCC(C)C)cc1N. The van der Waals surface area contributed by atoms with E-state index in [0.717, 1.165) is 41.2 Å². The molecule has 0 amide bonds. The number of nitrogen functional groups attached to an aromatic ring is 1. The first-order valence-electron chi connectivity index (χ1n) is 6.62. The highest BCUT2D eigenvalue weighted by atomic mass is 15.5. The average Bonchev–Trinajstić information content (AvgIpc) is 2.79. The molecule has 1 heterocycles. The first-order chi connectivity index (χ1) is 8.99. The zero-order chi connectivity index (χ0) is 14.0. The predicted octanol–water partition coefficient (Wildman–Crippen LogP) is 2.59. The molecule has 2 aromatic rings. The van der Waals surface area contributed by atoms with Gasteiger partial charge < -0.3 is 5.73 Å². The van der Waals surface area contributed by atoms with E-state index >= 15 is 0 Å². The zero-order valence-corrected chi connectivity index (χ0v) is 12.0. The predicted molar refractivity (Wildman–Crippen MR) is 76.6 cm³/mol. The monoisotopic (exact) mass is 259 g/mol. The van der Waals surface area contributed by atoms with Crippen LogP contribution in [-0.4, -0.2) is 20.2 Å². The summed E-state index contributed by atoms with van der Waals surface area (Å²) < 4.78 is 1.86. The van der Waals surface area contributed by atoms with Crippen LogP contribution in [0.25, 0.3) is 11.4 Å². The molecule has 1 aromatic heterocycles. The fraction of sp³-hybridized carbons (Fsp3) is 0.500. The molecule has 0 aliphatic heterocycles.